The molecule has 0 bridgehead atoms. The number of rotatable bonds is 4. The molecule has 4 heteroatoms. The van der Waals surface area contributed by atoms with Crippen LogP contribution in [0.2, 0.25) is 5.15 Å². The van der Waals surface area contributed by atoms with Crippen molar-refractivity contribution in [3.63, 3.8) is 0 Å². The molecule has 1 unspecified atom stereocenters. The Hall–Kier alpha value is -0.640. The molecule has 88 valence electrons. The van der Waals surface area contributed by atoms with E-state index >= 15 is 0 Å². The van der Waals surface area contributed by atoms with Gasteiger partial charge in [0.1, 0.15) is 5.15 Å². The molecule has 0 spiro atoms. The van der Waals surface area contributed by atoms with Gasteiger partial charge in [0.15, 0.2) is 0 Å². The Morgan fingerprint density at radius 3 is 2.81 bits per heavy atom. The summed E-state index contributed by atoms with van der Waals surface area (Å²) in [5.41, 5.74) is 0.612. The summed E-state index contributed by atoms with van der Waals surface area (Å²) >= 11 is 5.73. The molecule has 1 aliphatic rings. The Kier molecular flexibility index (Phi) is 3.47. The van der Waals surface area contributed by atoms with Crippen LogP contribution in [0.5, 0.6) is 0 Å². The second-order valence-electron chi connectivity index (χ2n) is 4.59. The van der Waals surface area contributed by atoms with E-state index in [0.29, 0.717) is 11.7 Å². The van der Waals surface area contributed by atoms with Gasteiger partial charge in [-0.25, -0.2) is 4.98 Å². The molecule has 0 saturated heterocycles. The third-order valence-corrected chi connectivity index (χ3v) is 3.50. The number of hydrogen-bond acceptors (Lipinski definition) is 3. The molecule has 1 aromatic heterocycles. The van der Waals surface area contributed by atoms with E-state index in [1.54, 1.807) is 12.3 Å². The topological polar surface area (TPSA) is 45.1 Å². The van der Waals surface area contributed by atoms with E-state index in [9.17, 15) is 5.11 Å². The molecule has 0 radical (unpaired) electrons. The predicted octanol–water partition coefficient (Wildman–Crippen LogP) is 2.30. The van der Waals surface area contributed by atoms with E-state index in [0.717, 1.165) is 24.8 Å². The zero-order valence-electron chi connectivity index (χ0n) is 9.41. The normalized spacial score (nSPS) is 20.2. The minimum Gasteiger partial charge on any atom is -0.389 e. The van der Waals surface area contributed by atoms with E-state index < -0.39 is 5.60 Å². The fraction of sp³-hybridized carbons (Fsp3) is 0.583. The standard InChI is InChI=1S/C12H17ClN2O/c1-9(10-3-4-11(13)14-7-10)15-8-12(16)5-2-6-12/h3-4,7,9,15-16H,2,5-6,8H2,1H3. The lowest BCUT2D eigenvalue weighted by atomic mass is 9.80. The van der Waals surface area contributed by atoms with Gasteiger partial charge in [0, 0.05) is 18.8 Å². The van der Waals surface area contributed by atoms with Crippen molar-refractivity contribution in [3.05, 3.63) is 29.0 Å². The summed E-state index contributed by atoms with van der Waals surface area (Å²) < 4.78 is 0. The molecule has 1 heterocycles. The van der Waals surface area contributed by atoms with Gasteiger partial charge in [-0.1, -0.05) is 17.7 Å². The Labute approximate surface area is 101 Å². The molecule has 2 N–H and O–H groups in total. The summed E-state index contributed by atoms with van der Waals surface area (Å²) in [6.07, 6.45) is 4.72. The zero-order chi connectivity index (χ0) is 11.6. The second kappa shape index (κ2) is 4.70. The maximum Gasteiger partial charge on any atom is 0.129 e. The molecule has 16 heavy (non-hydrogen) atoms. The van der Waals surface area contributed by atoms with Crippen molar-refractivity contribution in [2.75, 3.05) is 6.54 Å². The van der Waals surface area contributed by atoms with E-state index in [1.807, 2.05) is 6.07 Å². The summed E-state index contributed by atoms with van der Waals surface area (Å²) in [6.45, 7) is 2.71. The number of pyridine rings is 1. The third kappa shape index (κ3) is 2.73. The van der Waals surface area contributed by atoms with Crippen LogP contribution >= 0.6 is 11.6 Å². The number of hydrogen-bond donors (Lipinski definition) is 2. The van der Waals surface area contributed by atoms with Crippen molar-refractivity contribution in [1.82, 2.24) is 10.3 Å². The van der Waals surface area contributed by atoms with Crippen LogP contribution in [0.25, 0.3) is 0 Å². The van der Waals surface area contributed by atoms with Crippen LogP contribution in [-0.2, 0) is 0 Å². The van der Waals surface area contributed by atoms with Gasteiger partial charge in [0.05, 0.1) is 5.60 Å². The van der Waals surface area contributed by atoms with E-state index in [2.05, 4.69) is 17.2 Å². The van der Waals surface area contributed by atoms with Crippen LogP contribution in [0.15, 0.2) is 18.3 Å². The SMILES string of the molecule is CC(NCC1(O)CCC1)c1ccc(Cl)nc1. The summed E-state index contributed by atoms with van der Waals surface area (Å²) in [7, 11) is 0. The molecule has 3 nitrogen and oxygen atoms in total. The number of aromatic nitrogens is 1. The number of aliphatic hydroxyl groups is 1. The highest BCUT2D eigenvalue weighted by atomic mass is 35.5. The van der Waals surface area contributed by atoms with Crippen molar-refractivity contribution >= 4 is 11.6 Å². The van der Waals surface area contributed by atoms with Gasteiger partial charge in [0.2, 0.25) is 0 Å². The lowest BCUT2D eigenvalue weighted by molar-refractivity contribution is -0.0329. The second-order valence-corrected chi connectivity index (χ2v) is 4.98. The maximum atomic E-state index is 9.95. The fourth-order valence-corrected chi connectivity index (χ4v) is 1.98. The first-order valence-electron chi connectivity index (χ1n) is 5.66. The van der Waals surface area contributed by atoms with Crippen molar-refractivity contribution < 1.29 is 5.11 Å². The van der Waals surface area contributed by atoms with Crippen LogP contribution < -0.4 is 5.32 Å². The molecule has 1 atom stereocenters. The van der Waals surface area contributed by atoms with Gasteiger partial charge in [-0.2, -0.15) is 0 Å². The van der Waals surface area contributed by atoms with Crippen LogP contribution in [-0.4, -0.2) is 22.2 Å². The summed E-state index contributed by atoms with van der Waals surface area (Å²) in [6, 6.07) is 3.93. The summed E-state index contributed by atoms with van der Waals surface area (Å²) in [5.74, 6) is 0. The molecule has 2 rings (SSSR count). The molecule has 1 fully saturated rings. The number of nitrogens with one attached hydrogen (secondary N) is 1. The predicted molar refractivity (Wildman–Crippen MR) is 64.5 cm³/mol. The minimum atomic E-state index is -0.478. The van der Waals surface area contributed by atoms with Crippen LogP contribution in [0.1, 0.15) is 37.8 Å². The van der Waals surface area contributed by atoms with Crippen LogP contribution in [0.3, 0.4) is 0 Å². The lowest BCUT2D eigenvalue weighted by Crippen LogP contribution is -2.46. The van der Waals surface area contributed by atoms with Crippen molar-refractivity contribution in [2.24, 2.45) is 0 Å². The first-order valence-corrected chi connectivity index (χ1v) is 6.04. The summed E-state index contributed by atoms with van der Waals surface area (Å²) in [5, 5.41) is 13.8. The molecule has 1 aliphatic carbocycles. The molecule has 0 aromatic carbocycles. The van der Waals surface area contributed by atoms with Gasteiger partial charge >= 0.3 is 0 Å². The largest absolute Gasteiger partial charge is 0.389 e. The summed E-state index contributed by atoms with van der Waals surface area (Å²) in [4.78, 5) is 4.04. The fourth-order valence-electron chi connectivity index (χ4n) is 1.87. The molecule has 0 amide bonds. The maximum absolute atomic E-state index is 9.95. The Morgan fingerprint density at radius 1 is 1.56 bits per heavy atom. The van der Waals surface area contributed by atoms with Crippen molar-refractivity contribution in [3.8, 4) is 0 Å². The lowest BCUT2D eigenvalue weighted by Gasteiger charge is -2.37. The average molecular weight is 241 g/mol. The van der Waals surface area contributed by atoms with Gasteiger partial charge in [-0.05, 0) is 37.8 Å². The zero-order valence-corrected chi connectivity index (χ0v) is 10.2. The highest BCUT2D eigenvalue weighted by Gasteiger charge is 2.34. The third-order valence-electron chi connectivity index (χ3n) is 3.27. The molecular weight excluding hydrogens is 224 g/mol. The number of nitrogens with zero attached hydrogens (tertiary/aromatic N) is 1. The van der Waals surface area contributed by atoms with Gasteiger partial charge in [0.25, 0.3) is 0 Å². The van der Waals surface area contributed by atoms with Gasteiger partial charge in [-0.3, -0.25) is 0 Å². The number of halogens is 1. The Morgan fingerprint density at radius 2 is 2.31 bits per heavy atom. The molecular formula is C12H17ClN2O. The van der Waals surface area contributed by atoms with Gasteiger partial charge < -0.3 is 10.4 Å². The highest BCUT2D eigenvalue weighted by Crippen LogP contribution is 2.31. The van der Waals surface area contributed by atoms with E-state index in [-0.39, 0.29) is 6.04 Å². The van der Waals surface area contributed by atoms with E-state index in [4.69, 9.17) is 11.6 Å². The minimum absolute atomic E-state index is 0.189. The smallest absolute Gasteiger partial charge is 0.129 e. The highest BCUT2D eigenvalue weighted by molar-refractivity contribution is 6.29. The first kappa shape index (κ1) is 11.8. The van der Waals surface area contributed by atoms with E-state index in [1.165, 1.54) is 0 Å². The average Bonchev–Trinajstić information content (AvgIpc) is 2.24. The first-order chi connectivity index (χ1) is 7.59. The Bertz CT molecular complexity index is 349. The molecule has 0 aliphatic heterocycles. The van der Waals surface area contributed by atoms with Crippen LogP contribution in [0.4, 0.5) is 0 Å². The Balaban J connectivity index is 1.87. The molecule has 1 aromatic rings. The molecule has 1 saturated carbocycles. The monoisotopic (exact) mass is 240 g/mol. The van der Waals surface area contributed by atoms with Crippen molar-refractivity contribution in [1.29, 1.82) is 0 Å². The van der Waals surface area contributed by atoms with Gasteiger partial charge in [-0.15, -0.1) is 0 Å². The quantitative estimate of drug-likeness (QED) is 0.794. The van der Waals surface area contributed by atoms with Crippen LogP contribution in [0, 0.1) is 0 Å². The van der Waals surface area contributed by atoms with Crippen molar-refractivity contribution in [2.45, 2.75) is 37.8 Å².